The van der Waals surface area contributed by atoms with Crippen LogP contribution >= 0.6 is 0 Å². The SMILES string of the molecule is O=C(O)c1ccc2c(CCN3CCNCC3)c[nH]c2c1. The number of carboxylic acids is 1. The Kier molecular flexibility index (Phi) is 3.71. The standard InChI is InChI=1S/C15H19N3O2/c19-15(20)11-1-2-13-12(10-17-14(13)9-11)3-6-18-7-4-16-5-8-18/h1-2,9-10,16-17H,3-8H2,(H,19,20). The highest BCUT2D eigenvalue weighted by molar-refractivity contribution is 5.94. The molecule has 5 nitrogen and oxygen atoms in total. The van der Waals surface area contributed by atoms with Crippen molar-refractivity contribution >= 4 is 16.9 Å². The maximum atomic E-state index is 11.0. The summed E-state index contributed by atoms with van der Waals surface area (Å²) in [5.74, 6) is -0.885. The van der Waals surface area contributed by atoms with Gasteiger partial charge < -0.3 is 20.3 Å². The molecule has 0 saturated carbocycles. The summed E-state index contributed by atoms with van der Waals surface area (Å²) in [6, 6.07) is 5.28. The van der Waals surface area contributed by atoms with Gasteiger partial charge in [0.05, 0.1) is 5.56 Å². The van der Waals surface area contributed by atoms with E-state index < -0.39 is 5.97 Å². The average Bonchev–Trinajstić information content (AvgIpc) is 2.88. The van der Waals surface area contributed by atoms with E-state index in [1.54, 1.807) is 12.1 Å². The van der Waals surface area contributed by atoms with Gasteiger partial charge in [0.1, 0.15) is 0 Å². The molecule has 2 heterocycles. The van der Waals surface area contributed by atoms with E-state index in [2.05, 4.69) is 15.2 Å². The van der Waals surface area contributed by atoms with Crippen molar-refractivity contribution in [2.45, 2.75) is 6.42 Å². The maximum Gasteiger partial charge on any atom is 0.335 e. The fourth-order valence-corrected chi connectivity index (χ4v) is 2.74. The van der Waals surface area contributed by atoms with E-state index in [4.69, 9.17) is 5.11 Å². The number of carboxylic acid groups (broad SMARTS) is 1. The number of benzene rings is 1. The summed E-state index contributed by atoms with van der Waals surface area (Å²) in [7, 11) is 0. The lowest BCUT2D eigenvalue weighted by Gasteiger charge is -2.26. The highest BCUT2D eigenvalue weighted by Gasteiger charge is 2.11. The summed E-state index contributed by atoms with van der Waals surface area (Å²) in [6.07, 6.45) is 2.99. The number of carbonyl (C=O) groups is 1. The molecule has 0 spiro atoms. The van der Waals surface area contributed by atoms with Crippen LogP contribution in [0, 0.1) is 0 Å². The van der Waals surface area contributed by atoms with Gasteiger partial charge in [-0.25, -0.2) is 4.79 Å². The molecule has 1 fully saturated rings. The quantitative estimate of drug-likeness (QED) is 0.786. The number of piperazine rings is 1. The predicted molar refractivity (Wildman–Crippen MR) is 78.3 cm³/mol. The van der Waals surface area contributed by atoms with E-state index in [-0.39, 0.29) is 0 Å². The minimum atomic E-state index is -0.885. The van der Waals surface area contributed by atoms with Crippen molar-refractivity contribution in [2.75, 3.05) is 32.7 Å². The van der Waals surface area contributed by atoms with E-state index in [1.807, 2.05) is 12.3 Å². The predicted octanol–water partition coefficient (Wildman–Crippen LogP) is 1.31. The molecule has 0 atom stereocenters. The van der Waals surface area contributed by atoms with Crippen molar-refractivity contribution in [3.05, 3.63) is 35.5 Å². The van der Waals surface area contributed by atoms with Crippen LogP contribution in [0.2, 0.25) is 0 Å². The Hall–Kier alpha value is -1.85. The molecule has 1 aliphatic rings. The Morgan fingerprint density at radius 2 is 2.10 bits per heavy atom. The summed E-state index contributed by atoms with van der Waals surface area (Å²) in [6.45, 7) is 5.39. The van der Waals surface area contributed by atoms with Crippen LogP contribution in [0.1, 0.15) is 15.9 Å². The van der Waals surface area contributed by atoms with Crippen LogP contribution in [0.4, 0.5) is 0 Å². The second-order valence-corrected chi connectivity index (χ2v) is 5.22. The molecule has 0 radical (unpaired) electrons. The summed E-state index contributed by atoms with van der Waals surface area (Å²) < 4.78 is 0. The third-order valence-corrected chi connectivity index (χ3v) is 3.92. The number of nitrogens with one attached hydrogen (secondary N) is 2. The van der Waals surface area contributed by atoms with Crippen LogP contribution < -0.4 is 5.32 Å². The van der Waals surface area contributed by atoms with Crippen LogP contribution in [0.25, 0.3) is 10.9 Å². The monoisotopic (exact) mass is 273 g/mol. The zero-order valence-electron chi connectivity index (χ0n) is 11.4. The van der Waals surface area contributed by atoms with Crippen molar-refractivity contribution in [3.63, 3.8) is 0 Å². The number of aromatic amines is 1. The van der Waals surface area contributed by atoms with Crippen molar-refractivity contribution in [2.24, 2.45) is 0 Å². The van der Waals surface area contributed by atoms with Gasteiger partial charge in [-0.1, -0.05) is 6.07 Å². The van der Waals surface area contributed by atoms with Crippen molar-refractivity contribution in [1.82, 2.24) is 15.2 Å². The summed E-state index contributed by atoms with van der Waals surface area (Å²) >= 11 is 0. The lowest BCUT2D eigenvalue weighted by atomic mass is 10.1. The summed E-state index contributed by atoms with van der Waals surface area (Å²) in [5, 5.41) is 13.5. The second kappa shape index (κ2) is 5.64. The van der Waals surface area contributed by atoms with Crippen molar-refractivity contribution in [1.29, 1.82) is 0 Å². The van der Waals surface area contributed by atoms with Crippen molar-refractivity contribution < 1.29 is 9.90 Å². The van der Waals surface area contributed by atoms with Gasteiger partial charge in [0.25, 0.3) is 0 Å². The maximum absolute atomic E-state index is 11.0. The van der Waals surface area contributed by atoms with Gasteiger partial charge >= 0.3 is 5.97 Å². The van der Waals surface area contributed by atoms with Crippen LogP contribution in [0.3, 0.4) is 0 Å². The van der Waals surface area contributed by atoms with Gasteiger partial charge in [-0.2, -0.15) is 0 Å². The number of aromatic nitrogens is 1. The number of H-pyrrole nitrogens is 1. The lowest BCUT2D eigenvalue weighted by Crippen LogP contribution is -2.44. The number of aromatic carboxylic acids is 1. The zero-order valence-corrected chi connectivity index (χ0v) is 11.4. The Bertz CT molecular complexity index is 615. The van der Waals surface area contributed by atoms with E-state index in [9.17, 15) is 4.79 Å². The van der Waals surface area contributed by atoms with E-state index in [0.717, 1.165) is 50.0 Å². The fourth-order valence-electron chi connectivity index (χ4n) is 2.74. The number of nitrogens with zero attached hydrogens (tertiary/aromatic N) is 1. The van der Waals surface area contributed by atoms with E-state index >= 15 is 0 Å². The Balaban J connectivity index is 1.73. The molecular formula is C15H19N3O2. The summed E-state index contributed by atoms with van der Waals surface area (Å²) in [5.41, 5.74) is 2.49. The molecule has 0 amide bonds. The molecule has 5 heteroatoms. The van der Waals surface area contributed by atoms with E-state index in [1.165, 1.54) is 5.56 Å². The Morgan fingerprint density at radius 3 is 2.85 bits per heavy atom. The first-order chi connectivity index (χ1) is 9.74. The number of hydrogen-bond donors (Lipinski definition) is 3. The molecule has 2 aromatic rings. The molecule has 3 N–H and O–H groups in total. The largest absolute Gasteiger partial charge is 0.478 e. The molecule has 0 unspecified atom stereocenters. The molecule has 106 valence electrons. The minimum absolute atomic E-state index is 0.327. The van der Waals surface area contributed by atoms with E-state index in [0.29, 0.717) is 5.56 Å². The normalized spacial score (nSPS) is 16.6. The molecule has 3 rings (SSSR count). The first kappa shape index (κ1) is 13.1. The van der Waals surface area contributed by atoms with Gasteiger partial charge in [-0.15, -0.1) is 0 Å². The molecule has 1 aliphatic heterocycles. The number of hydrogen-bond acceptors (Lipinski definition) is 3. The van der Waals surface area contributed by atoms with Crippen molar-refractivity contribution in [3.8, 4) is 0 Å². The molecule has 0 bridgehead atoms. The lowest BCUT2D eigenvalue weighted by molar-refractivity contribution is 0.0697. The Morgan fingerprint density at radius 1 is 1.30 bits per heavy atom. The molecule has 1 aromatic carbocycles. The number of rotatable bonds is 4. The topological polar surface area (TPSA) is 68.4 Å². The smallest absolute Gasteiger partial charge is 0.335 e. The van der Waals surface area contributed by atoms with Crippen LogP contribution in [0.5, 0.6) is 0 Å². The third kappa shape index (κ3) is 2.69. The van der Waals surface area contributed by atoms with Crippen LogP contribution in [-0.4, -0.2) is 53.7 Å². The highest BCUT2D eigenvalue weighted by atomic mass is 16.4. The molecule has 0 aliphatic carbocycles. The fraction of sp³-hybridized carbons (Fsp3) is 0.400. The second-order valence-electron chi connectivity index (χ2n) is 5.22. The average molecular weight is 273 g/mol. The molecule has 1 aromatic heterocycles. The minimum Gasteiger partial charge on any atom is -0.478 e. The first-order valence-corrected chi connectivity index (χ1v) is 7.00. The van der Waals surface area contributed by atoms with Gasteiger partial charge in [0, 0.05) is 49.8 Å². The van der Waals surface area contributed by atoms with Gasteiger partial charge in [0.2, 0.25) is 0 Å². The summed E-state index contributed by atoms with van der Waals surface area (Å²) in [4.78, 5) is 16.6. The van der Waals surface area contributed by atoms with Crippen LogP contribution in [-0.2, 0) is 6.42 Å². The van der Waals surface area contributed by atoms with Gasteiger partial charge in [-0.3, -0.25) is 0 Å². The van der Waals surface area contributed by atoms with Gasteiger partial charge in [-0.05, 0) is 24.1 Å². The Labute approximate surface area is 117 Å². The number of fused-ring (bicyclic) bond motifs is 1. The highest BCUT2D eigenvalue weighted by Crippen LogP contribution is 2.20. The molecule has 1 saturated heterocycles. The molecular weight excluding hydrogens is 254 g/mol. The molecule has 20 heavy (non-hydrogen) atoms. The van der Waals surface area contributed by atoms with Crippen LogP contribution in [0.15, 0.2) is 24.4 Å². The van der Waals surface area contributed by atoms with Gasteiger partial charge in [0.15, 0.2) is 0 Å². The zero-order chi connectivity index (χ0) is 13.9. The third-order valence-electron chi connectivity index (χ3n) is 3.92. The first-order valence-electron chi connectivity index (χ1n) is 7.00.